The van der Waals surface area contributed by atoms with Crippen molar-refractivity contribution in [1.82, 2.24) is 0 Å². The molecule has 23 heavy (non-hydrogen) atoms. The fourth-order valence-corrected chi connectivity index (χ4v) is 3.12. The lowest BCUT2D eigenvalue weighted by Gasteiger charge is -2.31. The lowest BCUT2D eigenvalue weighted by Crippen LogP contribution is -2.33. The summed E-state index contributed by atoms with van der Waals surface area (Å²) in [6.45, 7) is 2.95. The van der Waals surface area contributed by atoms with E-state index in [0.29, 0.717) is 0 Å². The molecule has 0 saturated carbocycles. The Hall–Kier alpha value is -2.36. The van der Waals surface area contributed by atoms with Crippen LogP contribution in [0.1, 0.15) is 12.0 Å². The topological polar surface area (TPSA) is 33.7 Å². The van der Waals surface area contributed by atoms with Crippen LogP contribution < -0.4 is 19.7 Å². The number of hydrogen-bond acceptors (Lipinski definition) is 4. The molecule has 2 aromatic carbocycles. The number of methoxy groups -OCH3 is 2. The first-order valence-corrected chi connectivity index (χ1v) is 8.10. The minimum atomic E-state index is 0.830. The van der Waals surface area contributed by atoms with E-state index in [9.17, 15) is 0 Å². The molecule has 3 rings (SSSR count). The third kappa shape index (κ3) is 3.52. The molecule has 122 valence electrons. The predicted octanol–water partition coefficient (Wildman–Crippen LogP) is 3.57. The zero-order chi connectivity index (χ0) is 16.1. The van der Waals surface area contributed by atoms with Crippen LogP contribution in [0.3, 0.4) is 0 Å². The second-order valence-corrected chi connectivity index (χ2v) is 5.71. The maximum Gasteiger partial charge on any atom is 0.142 e. The Balaban J connectivity index is 1.64. The van der Waals surface area contributed by atoms with Crippen LogP contribution in [0, 0.1) is 0 Å². The number of ether oxygens (including phenoxy) is 2. The zero-order valence-electron chi connectivity index (χ0n) is 13.8. The molecule has 1 aliphatic heterocycles. The van der Waals surface area contributed by atoms with Gasteiger partial charge in [0, 0.05) is 31.4 Å². The number of para-hydroxylation sites is 1. The number of rotatable bonds is 6. The van der Waals surface area contributed by atoms with Gasteiger partial charge in [0.2, 0.25) is 0 Å². The van der Waals surface area contributed by atoms with Gasteiger partial charge in [-0.05, 0) is 36.6 Å². The van der Waals surface area contributed by atoms with Crippen LogP contribution in [0.15, 0.2) is 42.5 Å². The number of aryl methyl sites for hydroxylation is 1. The van der Waals surface area contributed by atoms with Crippen molar-refractivity contribution >= 4 is 11.4 Å². The second kappa shape index (κ2) is 7.27. The molecular weight excluding hydrogens is 288 g/mol. The van der Waals surface area contributed by atoms with Gasteiger partial charge in [0.05, 0.1) is 19.9 Å². The molecule has 0 atom stereocenters. The Bertz CT molecular complexity index is 658. The van der Waals surface area contributed by atoms with E-state index in [0.717, 1.165) is 36.8 Å². The highest BCUT2D eigenvalue weighted by Gasteiger charge is 2.15. The lowest BCUT2D eigenvalue weighted by atomic mass is 10.0. The van der Waals surface area contributed by atoms with Gasteiger partial charge in [0.15, 0.2) is 0 Å². The summed E-state index contributed by atoms with van der Waals surface area (Å²) >= 11 is 0. The van der Waals surface area contributed by atoms with Gasteiger partial charge in [-0.25, -0.2) is 0 Å². The van der Waals surface area contributed by atoms with Gasteiger partial charge in [-0.2, -0.15) is 0 Å². The predicted molar refractivity (Wildman–Crippen MR) is 95.0 cm³/mol. The molecule has 0 saturated heterocycles. The smallest absolute Gasteiger partial charge is 0.142 e. The maximum absolute atomic E-state index is 5.41. The number of nitrogens with zero attached hydrogens (tertiary/aromatic N) is 1. The van der Waals surface area contributed by atoms with Gasteiger partial charge in [0.25, 0.3) is 0 Å². The first-order chi connectivity index (χ1) is 11.3. The molecule has 2 aromatic rings. The number of fused-ring (bicyclic) bond motifs is 1. The maximum atomic E-state index is 5.41. The van der Waals surface area contributed by atoms with Gasteiger partial charge >= 0.3 is 0 Å². The summed E-state index contributed by atoms with van der Waals surface area (Å²) in [5.74, 6) is 1.67. The van der Waals surface area contributed by atoms with Crippen LogP contribution in [0.5, 0.6) is 11.5 Å². The van der Waals surface area contributed by atoms with Crippen molar-refractivity contribution in [3.8, 4) is 11.5 Å². The van der Waals surface area contributed by atoms with Crippen LogP contribution in [-0.2, 0) is 6.42 Å². The Morgan fingerprint density at radius 1 is 1.09 bits per heavy atom. The number of hydrogen-bond donors (Lipinski definition) is 1. The SMILES string of the molecule is COc1ccc(OC)c(NCCN2CCCc3ccccc32)c1. The molecule has 0 unspecified atom stereocenters. The lowest BCUT2D eigenvalue weighted by molar-refractivity contribution is 0.404. The molecule has 0 radical (unpaired) electrons. The molecule has 1 heterocycles. The molecule has 4 nitrogen and oxygen atoms in total. The average Bonchev–Trinajstić information content (AvgIpc) is 2.61. The largest absolute Gasteiger partial charge is 0.497 e. The van der Waals surface area contributed by atoms with Crippen LogP contribution in [0.4, 0.5) is 11.4 Å². The van der Waals surface area contributed by atoms with E-state index in [1.165, 1.54) is 24.1 Å². The summed E-state index contributed by atoms with van der Waals surface area (Å²) < 4.78 is 10.7. The fourth-order valence-electron chi connectivity index (χ4n) is 3.12. The molecular formula is C19H24N2O2. The van der Waals surface area contributed by atoms with Gasteiger partial charge in [-0.1, -0.05) is 18.2 Å². The van der Waals surface area contributed by atoms with Crippen LogP contribution in [0.25, 0.3) is 0 Å². The van der Waals surface area contributed by atoms with Crippen molar-refractivity contribution in [3.63, 3.8) is 0 Å². The molecule has 0 aromatic heterocycles. The Labute approximate surface area is 138 Å². The molecule has 0 fully saturated rings. The van der Waals surface area contributed by atoms with Crippen molar-refractivity contribution in [3.05, 3.63) is 48.0 Å². The monoisotopic (exact) mass is 312 g/mol. The average molecular weight is 312 g/mol. The summed E-state index contributed by atoms with van der Waals surface area (Å²) in [7, 11) is 3.37. The first kappa shape index (κ1) is 15.5. The van der Waals surface area contributed by atoms with E-state index in [4.69, 9.17) is 9.47 Å². The third-order valence-electron chi connectivity index (χ3n) is 4.31. The molecule has 0 bridgehead atoms. The zero-order valence-corrected chi connectivity index (χ0v) is 13.8. The summed E-state index contributed by atoms with van der Waals surface area (Å²) in [5, 5.41) is 3.47. The molecule has 0 amide bonds. The molecule has 1 aliphatic rings. The van der Waals surface area contributed by atoms with Gasteiger partial charge in [-0.3, -0.25) is 0 Å². The van der Waals surface area contributed by atoms with Crippen molar-refractivity contribution in [1.29, 1.82) is 0 Å². The Morgan fingerprint density at radius 3 is 2.78 bits per heavy atom. The summed E-state index contributed by atoms with van der Waals surface area (Å²) in [5.41, 5.74) is 3.80. The number of nitrogens with one attached hydrogen (secondary N) is 1. The van der Waals surface area contributed by atoms with Gasteiger partial charge in [-0.15, -0.1) is 0 Å². The Morgan fingerprint density at radius 2 is 1.96 bits per heavy atom. The molecule has 1 N–H and O–H groups in total. The third-order valence-corrected chi connectivity index (χ3v) is 4.31. The summed E-state index contributed by atoms with van der Waals surface area (Å²) in [6, 6.07) is 14.5. The van der Waals surface area contributed by atoms with E-state index >= 15 is 0 Å². The van der Waals surface area contributed by atoms with E-state index in [1.54, 1.807) is 14.2 Å². The van der Waals surface area contributed by atoms with E-state index in [2.05, 4.69) is 34.5 Å². The minimum absolute atomic E-state index is 0.830. The van der Waals surface area contributed by atoms with Crippen LogP contribution >= 0.6 is 0 Å². The van der Waals surface area contributed by atoms with Crippen molar-refractivity contribution in [2.45, 2.75) is 12.8 Å². The van der Waals surface area contributed by atoms with Gasteiger partial charge in [0.1, 0.15) is 11.5 Å². The van der Waals surface area contributed by atoms with Crippen molar-refractivity contribution in [2.75, 3.05) is 44.1 Å². The summed E-state index contributed by atoms with van der Waals surface area (Å²) in [4.78, 5) is 2.46. The van der Waals surface area contributed by atoms with E-state index < -0.39 is 0 Å². The quantitative estimate of drug-likeness (QED) is 0.884. The van der Waals surface area contributed by atoms with Crippen LogP contribution in [-0.4, -0.2) is 33.9 Å². The molecule has 0 aliphatic carbocycles. The second-order valence-electron chi connectivity index (χ2n) is 5.71. The standard InChI is InChI=1S/C19H24N2O2/c1-22-16-9-10-19(23-2)17(14-16)20-11-13-21-12-5-7-15-6-3-4-8-18(15)21/h3-4,6,8-10,14,20H,5,7,11-13H2,1-2H3. The first-order valence-electron chi connectivity index (χ1n) is 8.10. The number of anilines is 2. The van der Waals surface area contributed by atoms with Crippen LogP contribution in [0.2, 0.25) is 0 Å². The summed E-state index contributed by atoms with van der Waals surface area (Å²) in [6.07, 6.45) is 2.41. The highest BCUT2D eigenvalue weighted by molar-refractivity contribution is 5.60. The Kier molecular flexibility index (Phi) is 4.91. The van der Waals surface area contributed by atoms with Crippen molar-refractivity contribution < 1.29 is 9.47 Å². The fraction of sp³-hybridized carbons (Fsp3) is 0.368. The van der Waals surface area contributed by atoms with Crippen molar-refractivity contribution in [2.24, 2.45) is 0 Å². The minimum Gasteiger partial charge on any atom is -0.497 e. The van der Waals surface area contributed by atoms with Gasteiger partial charge < -0.3 is 19.7 Å². The van der Waals surface area contributed by atoms with E-state index in [-0.39, 0.29) is 0 Å². The molecule has 0 spiro atoms. The molecule has 4 heteroatoms. The van der Waals surface area contributed by atoms with E-state index in [1.807, 2.05) is 18.2 Å². The number of benzene rings is 2. The highest BCUT2D eigenvalue weighted by atomic mass is 16.5. The normalized spacial score (nSPS) is 13.4. The highest BCUT2D eigenvalue weighted by Crippen LogP contribution is 2.29.